The minimum atomic E-state index is -0.536. The second-order valence-corrected chi connectivity index (χ2v) is 6.02. The molecule has 1 atom stereocenters. The normalized spacial score (nSPS) is 14.5. The third-order valence-electron chi connectivity index (χ3n) is 2.86. The molecule has 0 bridgehead atoms. The highest BCUT2D eigenvalue weighted by Crippen LogP contribution is 2.30. The fourth-order valence-corrected chi connectivity index (χ4v) is 2.87. The molecule has 0 radical (unpaired) electrons. The van der Waals surface area contributed by atoms with E-state index >= 15 is 0 Å². The van der Waals surface area contributed by atoms with Gasteiger partial charge in [-0.1, -0.05) is 33.6 Å². The van der Waals surface area contributed by atoms with Gasteiger partial charge in [0.1, 0.15) is 0 Å². The van der Waals surface area contributed by atoms with Crippen LogP contribution < -0.4 is 5.73 Å². The van der Waals surface area contributed by atoms with Crippen molar-refractivity contribution >= 4 is 27.5 Å². The van der Waals surface area contributed by atoms with Crippen LogP contribution in [0.25, 0.3) is 0 Å². The fraction of sp³-hybridized carbons (Fsp3) is 0.308. The molecule has 0 aliphatic carbocycles. The van der Waals surface area contributed by atoms with Crippen LogP contribution in [0.1, 0.15) is 18.2 Å². The lowest BCUT2D eigenvalue weighted by molar-refractivity contribution is 0.482. The average Bonchev–Trinajstić information content (AvgIpc) is 2.62. The first-order valence-electron chi connectivity index (χ1n) is 5.61. The molecule has 3 nitrogen and oxygen atoms in total. The summed E-state index contributed by atoms with van der Waals surface area (Å²) in [6.07, 6.45) is 2.56. The van der Waals surface area contributed by atoms with Crippen molar-refractivity contribution in [1.82, 2.24) is 9.78 Å². The van der Waals surface area contributed by atoms with Crippen LogP contribution in [0.15, 0.2) is 34.9 Å². The number of rotatable bonds is 3. The quantitative estimate of drug-likeness (QED) is 0.940. The Bertz CT molecular complexity index is 563. The fourth-order valence-electron chi connectivity index (χ4n) is 1.98. The van der Waals surface area contributed by atoms with Crippen LogP contribution in [-0.4, -0.2) is 9.78 Å². The number of nitrogens with zero attached hydrogens (tertiary/aromatic N) is 2. The van der Waals surface area contributed by atoms with Gasteiger partial charge in [0.2, 0.25) is 0 Å². The molecular weight excluding hydrogens is 314 g/mol. The summed E-state index contributed by atoms with van der Waals surface area (Å²) in [7, 11) is 1.89. The van der Waals surface area contributed by atoms with Gasteiger partial charge in [-0.25, -0.2) is 0 Å². The molecular formula is C13H15BrClN3. The highest BCUT2D eigenvalue weighted by atomic mass is 79.9. The number of halogens is 2. The Morgan fingerprint density at radius 3 is 2.72 bits per heavy atom. The Hall–Kier alpha value is -0.840. The minimum absolute atomic E-state index is 0.536. The number of benzene rings is 1. The van der Waals surface area contributed by atoms with Gasteiger partial charge in [0, 0.05) is 34.7 Å². The van der Waals surface area contributed by atoms with Crippen LogP contribution in [0.2, 0.25) is 5.02 Å². The summed E-state index contributed by atoms with van der Waals surface area (Å²) in [5, 5.41) is 5.02. The number of aryl methyl sites for hydroxylation is 1. The number of hydrogen-bond donors (Lipinski definition) is 1. The Labute approximate surface area is 120 Å². The largest absolute Gasteiger partial charge is 0.321 e. The van der Waals surface area contributed by atoms with Crippen LogP contribution >= 0.6 is 27.5 Å². The van der Waals surface area contributed by atoms with E-state index in [4.69, 9.17) is 17.3 Å². The summed E-state index contributed by atoms with van der Waals surface area (Å²) in [6, 6.07) is 7.73. The average molecular weight is 329 g/mol. The third kappa shape index (κ3) is 2.94. The first-order chi connectivity index (χ1) is 8.38. The topological polar surface area (TPSA) is 43.8 Å². The van der Waals surface area contributed by atoms with Crippen LogP contribution in [0.3, 0.4) is 0 Å². The molecule has 0 aliphatic rings. The number of aromatic nitrogens is 2. The first-order valence-corrected chi connectivity index (χ1v) is 6.78. The van der Waals surface area contributed by atoms with Gasteiger partial charge >= 0.3 is 0 Å². The summed E-state index contributed by atoms with van der Waals surface area (Å²) in [6.45, 7) is 1.97. The van der Waals surface area contributed by atoms with Crippen molar-refractivity contribution < 1.29 is 0 Å². The molecule has 1 aromatic heterocycles. The minimum Gasteiger partial charge on any atom is -0.321 e. The van der Waals surface area contributed by atoms with Gasteiger partial charge in [-0.3, -0.25) is 4.68 Å². The lowest BCUT2D eigenvalue weighted by Crippen LogP contribution is -2.36. The number of nitrogens with two attached hydrogens (primary N) is 1. The molecule has 0 aliphatic heterocycles. The third-order valence-corrected chi connectivity index (χ3v) is 3.67. The van der Waals surface area contributed by atoms with E-state index in [1.165, 1.54) is 0 Å². The lowest BCUT2D eigenvalue weighted by atomic mass is 9.88. The second-order valence-electron chi connectivity index (χ2n) is 4.70. The lowest BCUT2D eigenvalue weighted by Gasteiger charge is -2.25. The Balaban J connectivity index is 2.29. The zero-order valence-electron chi connectivity index (χ0n) is 10.3. The maximum absolute atomic E-state index is 6.38. The standard InChI is InChI=1S/C13H15BrClN3/c1-13(16,8-10-5-6-18(2)17-10)11-4-3-9(14)7-12(11)15/h3-7H,8,16H2,1-2H3. The van der Waals surface area contributed by atoms with E-state index in [2.05, 4.69) is 21.0 Å². The second kappa shape index (κ2) is 5.03. The van der Waals surface area contributed by atoms with Gasteiger partial charge in [0.15, 0.2) is 0 Å². The van der Waals surface area contributed by atoms with E-state index in [1.54, 1.807) is 4.68 Å². The van der Waals surface area contributed by atoms with E-state index in [9.17, 15) is 0 Å². The Morgan fingerprint density at radius 2 is 2.17 bits per heavy atom. The summed E-state index contributed by atoms with van der Waals surface area (Å²) >= 11 is 9.64. The van der Waals surface area contributed by atoms with Crippen LogP contribution in [0.4, 0.5) is 0 Å². The van der Waals surface area contributed by atoms with Crippen molar-refractivity contribution in [2.45, 2.75) is 18.9 Å². The van der Waals surface area contributed by atoms with Crippen molar-refractivity contribution in [1.29, 1.82) is 0 Å². The van der Waals surface area contributed by atoms with Gasteiger partial charge in [0.25, 0.3) is 0 Å². The molecule has 1 aromatic carbocycles. The van der Waals surface area contributed by atoms with Crippen LogP contribution in [0, 0.1) is 0 Å². The molecule has 0 saturated heterocycles. The van der Waals surface area contributed by atoms with Gasteiger partial charge < -0.3 is 5.73 Å². The highest BCUT2D eigenvalue weighted by Gasteiger charge is 2.25. The maximum Gasteiger partial charge on any atom is 0.0646 e. The van der Waals surface area contributed by atoms with E-state index < -0.39 is 5.54 Å². The Kier molecular flexibility index (Phi) is 3.80. The molecule has 2 aromatic rings. The van der Waals surface area contributed by atoms with Crippen LogP contribution in [0.5, 0.6) is 0 Å². The monoisotopic (exact) mass is 327 g/mol. The zero-order valence-corrected chi connectivity index (χ0v) is 12.7. The number of hydrogen-bond acceptors (Lipinski definition) is 2. The van der Waals surface area contributed by atoms with E-state index in [0.29, 0.717) is 11.4 Å². The molecule has 96 valence electrons. The molecule has 0 saturated carbocycles. The predicted octanol–water partition coefficient (Wildman–Crippen LogP) is 3.25. The summed E-state index contributed by atoms with van der Waals surface area (Å²) in [5.74, 6) is 0. The summed E-state index contributed by atoms with van der Waals surface area (Å²) in [5.41, 5.74) is 7.73. The van der Waals surface area contributed by atoms with Crippen molar-refractivity contribution in [3.63, 3.8) is 0 Å². The molecule has 2 rings (SSSR count). The summed E-state index contributed by atoms with van der Waals surface area (Å²) < 4.78 is 2.72. The zero-order chi connectivity index (χ0) is 13.3. The first kappa shape index (κ1) is 13.6. The molecule has 2 N–H and O–H groups in total. The molecule has 0 amide bonds. The SMILES string of the molecule is Cn1ccc(CC(C)(N)c2ccc(Br)cc2Cl)n1. The van der Waals surface area contributed by atoms with E-state index in [-0.39, 0.29) is 0 Å². The molecule has 0 fully saturated rings. The van der Waals surface area contributed by atoms with Gasteiger partial charge in [0.05, 0.1) is 5.69 Å². The van der Waals surface area contributed by atoms with Crippen molar-refractivity contribution in [2.75, 3.05) is 0 Å². The molecule has 5 heteroatoms. The molecule has 1 unspecified atom stereocenters. The highest BCUT2D eigenvalue weighted by molar-refractivity contribution is 9.10. The summed E-state index contributed by atoms with van der Waals surface area (Å²) in [4.78, 5) is 0. The van der Waals surface area contributed by atoms with Crippen LogP contribution in [-0.2, 0) is 19.0 Å². The molecule has 0 spiro atoms. The maximum atomic E-state index is 6.38. The van der Waals surface area contributed by atoms with Crippen molar-refractivity contribution in [2.24, 2.45) is 12.8 Å². The smallest absolute Gasteiger partial charge is 0.0646 e. The van der Waals surface area contributed by atoms with Gasteiger partial charge in [-0.15, -0.1) is 0 Å². The van der Waals surface area contributed by atoms with Gasteiger partial charge in [-0.2, -0.15) is 5.10 Å². The van der Waals surface area contributed by atoms with E-state index in [0.717, 1.165) is 15.7 Å². The molecule has 18 heavy (non-hydrogen) atoms. The van der Waals surface area contributed by atoms with Crippen molar-refractivity contribution in [3.8, 4) is 0 Å². The van der Waals surface area contributed by atoms with Gasteiger partial charge in [-0.05, 0) is 30.7 Å². The predicted molar refractivity (Wildman–Crippen MR) is 77.6 cm³/mol. The van der Waals surface area contributed by atoms with Crippen molar-refractivity contribution in [3.05, 3.63) is 51.2 Å². The Morgan fingerprint density at radius 1 is 1.44 bits per heavy atom. The van der Waals surface area contributed by atoms with E-state index in [1.807, 2.05) is 44.4 Å². The molecule has 1 heterocycles.